The summed E-state index contributed by atoms with van der Waals surface area (Å²) < 4.78 is 9.28. The Morgan fingerprint density at radius 1 is 0.531 bits per heavy atom. The molecule has 0 radical (unpaired) electrons. The Bertz CT molecular complexity index is 2780. The zero-order valence-corrected chi connectivity index (χ0v) is 27.2. The number of para-hydroxylation sites is 3. The third-order valence-corrected chi connectivity index (χ3v) is 10.3. The predicted molar refractivity (Wildman–Crippen MR) is 201 cm³/mol. The van der Waals surface area contributed by atoms with Gasteiger partial charge in [0.25, 0.3) is 0 Å². The Hall–Kier alpha value is -6.26. The van der Waals surface area contributed by atoms with Crippen molar-refractivity contribution in [2.45, 2.75) is 19.3 Å². The van der Waals surface area contributed by atoms with Crippen molar-refractivity contribution >= 4 is 43.5 Å². The van der Waals surface area contributed by atoms with Crippen LogP contribution in [0.2, 0.25) is 0 Å². The van der Waals surface area contributed by atoms with Crippen molar-refractivity contribution in [1.82, 2.24) is 14.5 Å². The van der Waals surface area contributed by atoms with Crippen LogP contribution in [0.25, 0.3) is 71.8 Å². The minimum absolute atomic E-state index is 0.227. The van der Waals surface area contributed by atoms with Crippen LogP contribution in [0, 0.1) is 0 Å². The molecule has 9 aromatic rings. The van der Waals surface area contributed by atoms with E-state index in [9.17, 15) is 0 Å². The molecule has 7 aromatic carbocycles. The molecule has 0 unspecified atom stereocenters. The molecule has 1 aliphatic heterocycles. The number of benzene rings is 7. The third kappa shape index (κ3) is 4.04. The summed E-state index contributed by atoms with van der Waals surface area (Å²) >= 11 is 0. The van der Waals surface area contributed by atoms with E-state index < -0.39 is 0 Å². The van der Waals surface area contributed by atoms with Gasteiger partial charge in [-0.1, -0.05) is 135 Å². The minimum atomic E-state index is -0.227. The van der Waals surface area contributed by atoms with E-state index in [4.69, 9.17) is 14.7 Å². The second-order valence-corrected chi connectivity index (χ2v) is 13.4. The van der Waals surface area contributed by atoms with Gasteiger partial charge >= 0.3 is 0 Å². The van der Waals surface area contributed by atoms with Gasteiger partial charge in [0.15, 0.2) is 11.6 Å². The fraction of sp³-hybridized carbons (Fsp3) is 0.0667. The molecular formula is C45H31N3O. The number of nitrogens with zero attached hydrogens (tertiary/aromatic N) is 3. The summed E-state index contributed by atoms with van der Waals surface area (Å²) in [6.45, 7) is 4.59. The molecule has 0 spiro atoms. The fourth-order valence-electron chi connectivity index (χ4n) is 7.89. The zero-order chi connectivity index (χ0) is 32.7. The Balaban J connectivity index is 1.26. The van der Waals surface area contributed by atoms with Crippen LogP contribution >= 0.6 is 0 Å². The van der Waals surface area contributed by atoms with Gasteiger partial charge in [0.2, 0.25) is 0 Å². The number of hydrogen-bond donors (Lipinski definition) is 0. The van der Waals surface area contributed by atoms with Crippen molar-refractivity contribution in [2.24, 2.45) is 0 Å². The summed E-state index contributed by atoms with van der Waals surface area (Å²) in [5.74, 6) is 2.53. The lowest BCUT2D eigenvalue weighted by atomic mass is 9.75. The van der Waals surface area contributed by atoms with Crippen LogP contribution < -0.4 is 4.74 Å². The molecule has 0 N–H and O–H groups in total. The number of rotatable bonds is 3. The minimum Gasteiger partial charge on any atom is -0.454 e. The van der Waals surface area contributed by atoms with Crippen molar-refractivity contribution in [3.8, 4) is 39.8 Å². The van der Waals surface area contributed by atoms with Crippen LogP contribution in [-0.4, -0.2) is 14.5 Å². The molecule has 4 heteroatoms. The summed E-state index contributed by atoms with van der Waals surface area (Å²) in [5.41, 5.74) is 9.38. The topological polar surface area (TPSA) is 39.9 Å². The van der Waals surface area contributed by atoms with Crippen LogP contribution in [-0.2, 0) is 5.41 Å². The van der Waals surface area contributed by atoms with Crippen molar-refractivity contribution < 1.29 is 4.74 Å². The fourth-order valence-corrected chi connectivity index (χ4v) is 7.89. The lowest BCUT2D eigenvalue weighted by molar-refractivity contribution is 0.421. The van der Waals surface area contributed by atoms with Crippen LogP contribution in [0.1, 0.15) is 25.0 Å². The van der Waals surface area contributed by atoms with Crippen molar-refractivity contribution in [3.05, 3.63) is 163 Å². The monoisotopic (exact) mass is 629 g/mol. The maximum Gasteiger partial charge on any atom is 0.161 e. The van der Waals surface area contributed by atoms with Crippen molar-refractivity contribution in [3.63, 3.8) is 0 Å². The third-order valence-electron chi connectivity index (χ3n) is 10.3. The van der Waals surface area contributed by atoms with Gasteiger partial charge in [-0.15, -0.1) is 0 Å². The molecule has 2 aromatic heterocycles. The Labute approximate surface area is 283 Å². The largest absolute Gasteiger partial charge is 0.454 e. The molecule has 0 fully saturated rings. The highest BCUT2D eigenvalue weighted by molar-refractivity contribution is 6.14. The smallest absolute Gasteiger partial charge is 0.161 e. The first-order valence-corrected chi connectivity index (χ1v) is 16.8. The SMILES string of the molecule is CC1(C)c2ccccc2Oc2c1ccc1c3ccccc3n(-c3ccc(-c4nc(-c5ccccc5)c5ccccc5n4)c4ccccc34)c21. The first-order chi connectivity index (χ1) is 24.1. The van der Waals surface area contributed by atoms with Crippen LogP contribution in [0.15, 0.2) is 152 Å². The van der Waals surface area contributed by atoms with Gasteiger partial charge in [0.05, 0.1) is 27.9 Å². The first kappa shape index (κ1) is 27.8. The van der Waals surface area contributed by atoms with Gasteiger partial charge in [0, 0.05) is 49.2 Å². The molecule has 4 nitrogen and oxygen atoms in total. The molecule has 0 saturated carbocycles. The van der Waals surface area contributed by atoms with E-state index in [1.54, 1.807) is 0 Å². The summed E-state index contributed by atoms with van der Waals surface area (Å²) in [5, 5.41) is 5.62. The van der Waals surface area contributed by atoms with E-state index in [2.05, 4.69) is 158 Å². The highest BCUT2D eigenvalue weighted by Crippen LogP contribution is 2.52. The molecule has 0 bridgehead atoms. The van der Waals surface area contributed by atoms with Gasteiger partial charge < -0.3 is 9.30 Å². The summed E-state index contributed by atoms with van der Waals surface area (Å²) in [4.78, 5) is 10.4. The first-order valence-electron chi connectivity index (χ1n) is 16.8. The summed E-state index contributed by atoms with van der Waals surface area (Å²) in [6, 6.07) is 53.3. The van der Waals surface area contributed by atoms with Crippen LogP contribution in [0.5, 0.6) is 11.5 Å². The lowest BCUT2D eigenvalue weighted by Crippen LogP contribution is -2.24. The second-order valence-electron chi connectivity index (χ2n) is 13.4. The van der Waals surface area contributed by atoms with E-state index in [1.807, 2.05) is 12.1 Å². The van der Waals surface area contributed by atoms with Gasteiger partial charge in [0.1, 0.15) is 5.75 Å². The molecule has 0 aliphatic carbocycles. The van der Waals surface area contributed by atoms with E-state index in [-0.39, 0.29) is 5.41 Å². The van der Waals surface area contributed by atoms with Crippen molar-refractivity contribution in [1.29, 1.82) is 0 Å². The summed E-state index contributed by atoms with van der Waals surface area (Å²) in [6.07, 6.45) is 0. The molecule has 232 valence electrons. The molecule has 3 heterocycles. The van der Waals surface area contributed by atoms with E-state index >= 15 is 0 Å². The van der Waals surface area contributed by atoms with Crippen LogP contribution in [0.3, 0.4) is 0 Å². The molecule has 1 aliphatic rings. The number of hydrogen-bond acceptors (Lipinski definition) is 3. The molecular weight excluding hydrogens is 599 g/mol. The normalized spacial score (nSPS) is 13.4. The number of aromatic nitrogens is 3. The summed E-state index contributed by atoms with van der Waals surface area (Å²) in [7, 11) is 0. The zero-order valence-electron chi connectivity index (χ0n) is 27.2. The average Bonchev–Trinajstić information content (AvgIpc) is 3.49. The quantitative estimate of drug-likeness (QED) is 0.195. The van der Waals surface area contributed by atoms with Gasteiger partial charge in [-0.3, -0.25) is 0 Å². The number of fused-ring (bicyclic) bond motifs is 8. The maximum atomic E-state index is 6.88. The molecule has 0 atom stereocenters. The van der Waals surface area contributed by atoms with E-state index in [1.165, 1.54) is 21.9 Å². The number of ether oxygens (including phenoxy) is 1. The second kappa shape index (κ2) is 10.4. The Kier molecular flexibility index (Phi) is 5.89. The highest BCUT2D eigenvalue weighted by Gasteiger charge is 2.36. The van der Waals surface area contributed by atoms with E-state index in [0.717, 1.165) is 66.7 Å². The van der Waals surface area contributed by atoms with E-state index in [0.29, 0.717) is 5.82 Å². The average molecular weight is 630 g/mol. The van der Waals surface area contributed by atoms with Crippen molar-refractivity contribution in [2.75, 3.05) is 0 Å². The Morgan fingerprint density at radius 3 is 2.08 bits per heavy atom. The predicted octanol–water partition coefficient (Wildman–Crippen LogP) is 11.6. The highest BCUT2D eigenvalue weighted by atomic mass is 16.5. The van der Waals surface area contributed by atoms with Gasteiger partial charge in [-0.25, -0.2) is 9.97 Å². The molecule has 10 rings (SSSR count). The molecule has 0 saturated heterocycles. The standard InChI is InChI=1S/C45H31N3O/c1-45(2)35-20-10-13-23-40(35)49-43-36(45)26-24-32-31-18-9-12-22-38(31)48(42(32)43)39-27-25-33(29-16-6-7-17-30(29)39)44-46-37-21-11-8-19-34(37)41(47-44)28-14-4-3-5-15-28/h3-27H,1-2H3. The lowest BCUT2D eigenvalue weighted by Gasteiger charge is -2.35. The maximum absolute atomic E-state index is 6.88. The molecule has 49 heavy (non-hydrogen) atoms. The van der Waals surface area contributed by atoms with Gasteiger partial charge in [-0.2, -0.15) is 0 Å². The van der Waals surface area contributed by atoms with Crippen LogP contribution in [0.4, 0.5) is 0 Å². The molecule has 0 amide bonds. The van der Waals surface area contributed by atoms with Gasteiger partial charge in [-0.05, 0) is 35.7 Å². The Morgan fingerprint density at radius 2 is 1.22 bits per heavy atom.